The van der Waals surface area contributed by atoms with E-state index in [2.05, 4.69) is 20.9 Å². The average molecular weight is 489 g/mol. The molecule has 4 atom stereocenters. The van der Waals surface area contributed by atoms with E-state index < -0.39 is 60.4 Å². The fourth-order valence-electron chi connectivity index (χ4n) is 2.92. The number of aliphatic hydroxyl groups excluding tert-OH is 1. The van der Waals surface area contributed by atoms with Crippen LogP contribution in [0.5, 0.6) is 0 Å². The number of nitrogens with two attached hydrogens (primary N) is 4. The predicted molar refractivity (Wildman–Crippen MR) is 126 cm³/mol. The molecule has 0 saturated carbocycles. The van der Waals surface area contributed by atoms with E-state index in [0.717, 1.165) is 0 Å². The van der Waals surface area contributed by atoms with Crippen LogP contribution >= 0.6 is 0 Å². The molecule has 0 rings (SSSR count). The molecule has 0 aliphatic heterocycles. The number of aliphatic carboxylic acids is 1. The van der Waals surface area contributed by atoms with Gasteiger partial charge in [-0.05, 0) is 44.6 Å². The number of hydrogen-bond acceptors (Lipinski definition) is 8. The molecule has 0 spiro atoms. The van der Waals surface area contributed by atoms with E-state index >= 15 is 0 Å². The number of nitrogens with zero attached hydrogens (tertiary/aromatic N) is 1. The van der Waals surface area contributed by atoms with Gasteiger partial charge in [0.15, 0.2) is 5.96 Å². The first-order valence-corrected chi connectivity index (χ1v) is 11.2. The van der Waals surface area contributed by atoms with Gasteiger partial charge in [0.05, 0.1) is 12.6 Å². The van der Waals surface area contributed by atoms with Crippen molar-refractivity contribution in [2.24, 2.45) is 33.8 Å². The van der Waals surface area contributed by atoms with Gasteiger partial charge in [-0.25, -0.2) is 4.79 Å². The first kappa shape index (κ1) is 31.0. The van der Waals surface area contributed by atoms with Gasteiger partial charge in [0.1, 0.15) is 18.1 Å². The van der Waals surface area contributed by atoms with E-state index in [0.29, 0.717) is 32.4 Å². The number of carbonyl (C=O) groups is 4. The Kier molecular flexibility index (Phi) is 15.2. The summed E-state index contributed by atoms with van der Waals surface area (Å²) in [6.07, 6.45) is 2.05. The Hall–Kier alpha value is -2.97. The van der Waals surface area contributed by atoms with Gasteiger partial charge >= 0.3 is 5.97 Å². The molecule has 196 valence electrons. The molecule has 0 aromatic carbocycles. The van der Waals surface area contributed by atoms with Gasteiger partial charge in [-0.1, -0.05) is 13.8 Å². The minimum absolute atomic E-state index is 0.0693. The summed E-state index contributed by atoms with van der Waals surface area (Å²) < 4.78 is 0. The highest BCUT2D eigenvalue weighted by molar-refractivity contribution is 5.94. The van der Waals surface area contributed by atoms with Crippen molar-refractivity contribution in [1.29, 1.82) is 0 Å². The zero-order chi connectivity index (χ0) is 26.3. The Labute approximate surface area is 199 Å². The molecule has 14 heteroatoms. The van der Waals surface area contributed by atoms with Crippen LogP contribution in [-0.4, -0.2) is 83.7 Å². The number of carboxylic acids is 1. The first-order chi connectivity index (χ1) is 15.9. The lowest BCUT2D eigenvalue weighted by Crippen LogP contribution is -2.58. The Bertz CT molecular complexity index is 699. The van der Waals surface area contributed by atoms with Crippen molar-refractivity contribution in [2.45, 2.75) is 70.1 Å². The summed E-state index contributed by atoms with van der Waals surface area (Å²) >= 11 is 0. The number of carbonyl (C=O) groups excluding carboxylic acids is 3. The van der Waals surface area contributed by atoms with Crippen molar-refractivity contribution in [1.82, 2.24) is 16.0 Å². The van der Waals surface area contributed by atoms with Crippen molar-refractivity contribution in [2.75, 3.05) is 19.7 Å². The van der Waals surface area contributed by atoms with E-state index in [9.17, 15) is 29.4 Å². The molecule has 13 N–H and O–H groups in total. The number of aliphatic imine (C=N–C) groups is 1. The van der Waals surface area contributed by atoms with Gasteiger partial charge in [-0.3, -0.25) is 19.4 Å². The molecule has 0 bridgehead atoms. The molecule has 0 heterocycles. The molecule has 0 radical (unpaired) electrons. The first-order valence-electron chi connectivity index (χ1n) is 11.2. The Morgan fingerprint density at radius 1 is 0.882 bits per heavy atom. The summed E-state index contributed by atoms with van der Waals surface area (Å²) in [7, 11) is 0. The molecule has 0 fully saturated rings. The maximum atomic E-state index is 12.8. The molecule has 34 heavy (non-hydrogen) atoms. The molecular formula is C20H40N8O6. The van der Waals surface area contributed by atoms with Crippen LogP contribution in [0.15, 0.2) is 4.99 Å². The second kappa shape index (κ2) is 16.6. The van der Waals surface area contributed by atoms with Gasteiger partial charge in [-0.15, -0.1) is 0 Å². The highest BCUT2D eigenvalue weighted by atomic mass is 16.4. The number of guanidine groups is 1. The van der Waals surface area contributed by atoms with Gasteiger partial charge in [-0.2, -0.15) is 0 Å². The normalized spacial score (nSPS) is 14.4. The van der Waals surface area contributed by atoms with Gasteiger partial charge < -0.3 is 49.1 Å². The second-order valence-electron chi connectivity index (χ2n) is 8.21. The number of unbranched alkanes of at least 4 members (excludes halogenated alkanes) is 1. The second-order valence-corrected chi connectivity index (χ2v) is 8.21. The molecule has 0 aliphatic carbocycles. The SMILES string of the molecule is CC(C)C(NC(=O)C(CO)NC(=O)C(CCCCN)NC(=O)C(N)CCCN=C(N)N)C(=O)O. The lowest BCUT2D eigenvalue weighted by Gasteiger charge is -2.25. The summed E-state index contributed by atoms with van der Waals surface area (Å²) in [5.41, 5.74) is 21.9. The summed E-state index contributed by atoms with van der Waals surface area (Å²) in [5.74, 6) is -3.89. The third kappa shape index (κ3) is 12.3. The number of nitrogens with one attached hydrogen (secondary N) is 3. The Morgan fingerprint density at radius 3 is 1.97 bits per heavy atom. The van der Waals surface area contributed by atoms with Crippen molar-refractivity contribution in [3.63, 3.8) is 0 Å². The summed E-state index contributed by atoms with van der Waals surface area (Å²) in [6, 6.07) is -4.56. The Morgan fingerprint density at radius 2 is 1.47 bits per heavy atom. The maximum Gasteiger partial charge on any atom is 0.326 e. The lowest BCUT2D eigenvalue weighted by molar-refractivity contribution is -0.143. The van der Waals surface area contributed by atoms with Crippen LogP contribution in [0.1, 0.15) is 46.0 Å². The number of aliphatic hydroxyl groups is 1. The van der Waals surface area contributed by atoms with Gasteiger partial charge in [0.2, 0.25) is 17.7 Å². The minimum Gasteiger partial charge on any atom is -0.480 e. The Balaban J connectivity index is 5.17. The third-order valence-electron chi connectivity index (χ3n) is 4.93. The van der Waals surface area contributed by atoms with Crippen molar-refractivity contribution in [3.8, 4) is 0 Å². The monoisotopic (exact) mass is 488 g/mol. The van der Waals surface area contributed by atoms with Gasteiger partial charge in [0, 0.05) is 6.54 Å². The van der Waals surface area contributed by atoms with Gasteiger partial charge in [0.25, 0.3) is 0 Å². The number of hydrogen-bond donors (Lipinski definition) is 9. The molecule has 0 aromatic rings. The van der Waals surface area contributed by atoms with Crippen LogP contribution in [0, 0.1) is 5.92 Å². The largest absolute Gasteiger partial charge is 0.480 e. The number of rotatable bonds is 17. The standard InChI is InChI=1S/C20H40N8O6/c1-11(2)15(19(33)34)28-18(32)14(10-29)27-17(31)13(7-3-4-8-21)26-16(30)12(22)6-5-9-25-20(23)24/h11-15,29H,3-10,21-22H2,1-2H3,(H,26,30)(H,27,31)(H,28,32)(H,33,34)(H4,23,24,25). The molecule has 14 nitrogen and oxygen atoms in total. The minimum atomic E-state index is -1.41. The molecule has 3 amide bonds. The van der Waals surface area contributed by atoms with E-state index in [-0.39, 0.29) is 18.8 Å². The van der Waals surface area contributed by atoms with Crippen LogP contribution < -0.4 is 38.9 Å². The zero-order valence-electron chi connectivity index (χ0n) is 19.8. The van der Waals surface area contributed by atoms with Crippen molar-refractivity contribution >= 4 is 29.7 Å². The highest BCUT2D eigenvalue weighted by Crippen LogP contribution is 2.05. The molecular weight excluding hydrogens is 448 g/mol. The average Bonchev–Trinajstić information content (AvgIpc) is 2.76. The summed E-state index contributed by atoms with van der Waals surface area (Å²) in [4.78, 5) is 52.9. The van der Waals surface area contributed by atoms with E-state index in [1.54, 1.807) is 13.8 Å². The third-order valence-corrected chi connectivity index (χ3v) is 4.93. The summed E-state index contributed by atoms with van der Waals surface area (Å²) in [5, 5.41) is 26.0. The van der Waals surface area contributed by atoms with Crippen LogP contribution in [0.4, 0.5) is 0 Å². The maximum absolute atomic E-state index is 12.8. The lowest BCUT2D eigenvalue weighted by atomic mass is 10.0. The van der Waals surface area contributed by atoms with E-state index in [4.69, 9.17) is 22.9 Å². The van der Waals surface area contributed by atoms with E-state index in [1.165, 1.54) is 0 Å². The van der Waals surface area contributed by atoms with E-state index in [1.807, 2.05) is 0 Å². The molecule has 0 saturated heterocycles. The quantitative estimate of drug-likeness (QED) is 0.0558. The van der Waals surface area contributed by atoms with Crippen LogP contribution in [0.3, 0.4) is 0 Å². The number of carboxylic acid groups (broad SMARTS) is 1. The topological polar surface area (TPSA) is 261 Å². The van der Waals surface area contributed by atoms with Crippen LogP contribution in [0.25, 0.3) is 0 Å². The molecule has 4 unspecified atom stereocenters. The van der Waals surface area contributed by atoms with Crippen molar-refractivity contribution in [3.05, 3.63) is 0 Å². The highest BCUT2D eigenvalue weighted by Gasteiger charge is 2.30. The summed E-state index contributed by atoms with van der Waals surface area (Å²) in [6.45, 7) is 3.13. The predicted octanol–water partition coefficient (Wildman–Crippen LogP) is -3.32. The smallest absolute Gasteiger partial charge is 0.326 e. The number of amides is 3. The molecule has 0 aromatic heterocycles. The van der Waals surface area contributed by atoms with Crippen molar-refractivity contribution < 1.29 is 29.4 Å². The zero-order valence-corrected chi connectivity index (χ0v) is 19.8. The van der Waals surface area contributed by atoms with Crippen LogP contribution in [-0.2, 0) is 19.2 Å². The molecule has 0 aliphatic rings. The van der Waals surface area contributed by atoms with Crippen LogP contribution in [0.2, 0.25) is 0 Å². The fraction of sp³-hybridized carbons (Fsp3) is 0.750. The fourth-order valence-corrected chi connectivity index (χ4v) is 2.92.